The maximum absolute atomic E-state index is 13.0. The highest BCUT2D eigenvalue weighted by atomic mass is 32.1. The van der Waals surface area contributed by atoms with Crippen molar-refractivity contribution < 1.29 is 4.39 Å². The van der Waals surface area contributed by atoms with Gasteiger partial charge in [0.25, 0.3) is 0 Å². The second-order valence-electron chi connectivity index (χ2n) is 4.48. The number of thiocarbonyl (C=S) groups is 1. The largest absolute Gasteiger partial charge is 0.362 e. The van der Waals surface area contributed by atoms with E-state index in [-0.39, 0.29) is 5.82 Å². The Morgan fingerprint density at radius 2 is 1.85 bits per heavy atom. The Hall–Kier alpha value is -1.94. The lowest BCUT2D eigenvalue weighted by Gasteiger charge is -2.10. The van der Waals surface area contributed by atoms with Gasteiger partial charge >= 0.3 is 0 Å². The quantitative estimate of drug-likeness (QED) is 0.647. The highest BCUT2D eigenvalue weighted by Crippen LogP contribution is 2.08. The van der Waals surface area contributed by atoms with Crippen molar-refractivity contribution in [3.05, 3.63) is 66.0 Å². The Bertz CT molecular complexity index is 557. The van der Waals surface area contributed by atoms with Crippen LogP contribution in [0.2, 0.25) is 0 Å². The van der Waals surface area contributed by atoms with E-state index in [9.17, 15) is 4.39 Å². The number of rotatable bonds is 5. The summed E-state index contributed by atoms with van der Waals surface area (Å²) in [5.74, 6) is -0.276. The zero-order chi connectivity index (χ0) is 14.2. The van der Waals surface area contributed by atoms with Crippen LogP contribution >= 0.6 is 12.2 Å². The lowest BCUT2D eigenvalue weighted by atomic mass is 10.1. The summed E-state index contributed by atoms with van der Waals surface area (Å²) in [7, 11) is 0. The van der Waals surface area contributed by atoms with E-state index in [0.29, 0.717) is 10.8 Å². The molecule has 0 heterocycles. The van der Waals surface area contributed by atoms with Gasteiger partial charge < -0.3 is 10.6 Å². The molecular weight excluding hydrogens is 271 g/mol. The fraction of sp³-hybridized carbons (Fsp3) is 0.188. The number of anilines is 1. The van der Waals surface area contributed by atoms with Gasteiger partial charge in [-0.25, -0.2) is 4.39 Å². The van der Waals surface area contributed by atoms with Crippen molar-refractivity contribution in [1.82, 2.24) is 5.32 Å². The average molecular weight is 288 g/mol. The summed E-state index contributed by atoms with van der Waals surface area (Å²) in [6.45, 7) is 0.788. The van der Waals surface area contributed by atoms with Crippen molar-refractivity contribution in [2.24, 2.45) is 0 Å². The summed E-state index contributed by atoms with van der Waals surface area (Å²) in [6.07, 6.45) is 2.01. The summed E-state index contributed by atoms with van der Waals surface area (Å²) >= 11 is 5.16. The Kier molecular flexibility index (Phi) is 5.50. The molecule has 2 aromatic carbocycles. The summed E-state index contributed by atoms with van der Waals surface area (Å²) in [5.41, 5.74) is 1.98. The van der Waals surface area contributed by atoms with Crippen molar-refractivity contribution in [2.75, 3.05) is 11.9 Å². The predicted octanol–water partition coefficient (Wildman–Crippen LogP) is 3.74. The first-order valence-corrected chi connectivity index (χ1v) is 6.99. The van der Waals surface area contributed by atoms with Crippen LogP contribution in [-0.4, -0.2) is 11.7 Å². The Morgan fingerprint density at radius 3 is 2.60 bits per heavy atom. The third-order valence-electron chi connectivity index (χ3n) is 2.85. The van der Waals surface area contributed by atoms with Gasteiger partial charge in [0, 0.05) is 12.2 Å². The molecule has 0 aliphatic carbocycles. The fourth-order valence-electron chi connectivity index (χ4n) is 1.88. The second-order valence-corrected chi connectivity index (χ2v) is 4.89. The van der Waals surface area contributed by atoms with Crippen LogP contribution in [0.3, 0.4) is 0 Å². The van der Waals surface area contributed by atoms with Gasteiger partial charge in [-0.15, -0.1) is 0 Å². The molecule has 4 heteroatoms. The molecule has 104 valence electrons. The minimum atomic E-state index is -0.276. The maximum atomic E-state index is 13.0. The van der Waals surface area contributed by atoms with Crippen molar-refractivity contribution in [3.63, 3.8) is 0 Å². The minimum absolute atomic E-state index is 0.276. The van der Waals surface area contributed by atoms with Gasteiger partial charge in [0.1, 0.15) is 5.82 Å². The van der Waals surface area contributed by atoms with Gasteiger partial charge in [0.15, 0.2) is 5.11 Å². The lowest BCUT2D eigenvalue weighted by Crippen LogP contribution is -2.29. The zero-order valence-electron chi connectivity index (χ0n) is 11.1. The smallest absolute Gasteiger partial charge is 0.170 e. The number of hydrogen-bond acceptors (Lipinski definition) is 1. The molecule has 2 aromatic rings. The molecular formula is C16H17FN2S. The average Bonchev–Trinajstić information content (AvgIpc) is 2.45. The van der Waals surface area contributed by atoms with Gasteiger partial charge in [0.2, 0.25) is 0 Å². The number of halogens is 1. The van der Waals surface area contributed by atoms with Crippen molar-refractivity contribution in [3.8, 4) is 0 Å². The van der Waals surface area contributed by atoms with Crippen LogP contribution in [0.15, 0.2) is 54.6 Å². The molecule has 20 heavy (non-hydrogen) atoms. The van der Waals surface area contributed by atoms with E-state index < -0.39 is 0 Å². The third-order valence-corrected chi connectivity index (χ3v) is 3.10. The maximum Gasteiger partial charge on any atom is 0.170 e. The molecule has 0 bridgehead atoms. The van der Waals surface area contributed by atoms with Crippen molar-refractivity contribution in [1.29, 1.82) is 0 Å². The first-order valence-electron chi connectivity index (χ1n) is 6.58. The first kappa shape index (κ1) is 14.5. The Morgan fingerprint density at radius 1 is 1.05 bits per heavy atom. The molecule has 0 aliphatic rings. The molecule has 2 rings (SSSR count). The molecule has 0 aliphatic heterocycles. The molecule has 0 saturated heterocycles. The molecule has 0 fully saturated rings. The van der Waals surface area contributed by atoms with E-state index in [1.54, 1.807) is 12.1 Å². The summed E-state index contributed by atoms with van der Waals surface area (Å²) < 4.78 is 13.0. The SMILES string of the molecule is Fc1cccc(NC(=S)NCCCc2ccccc2)c1. The molecule has 0 aromatic heterocycles. The van der Waals surface area contributed by atoms with Gasteiger partial charge in [0.05, 0.1) is 0 Å². The number of nitrogens with one attached hydrogen (secondary N) is 2. The van der Waals surface area contributed by atoms with E-state index in [0.717, 1.165) is 19.4 Å². The number of hydrogen-bond donors (Lipinski definition) is 2. The van der Waals surface area contributed by atoms with E-state index in [1.165, 1.54) is 17.7 Å². The minimum Gasteiger partial charge on any atom is -0.362 e. The lowest BCUT2D eigenvalue weighted by molar-refractivity contribution is 0.628. The summed E-state index contributed by atoms with van der Waals surface area (Å²) in [6, 6.07) is 16.6. The standard InChI is InChI=1S/C16H17FN2S/c17-14-9-4-10-15(12-14)19-16(20)18-11-5-8-13-6-2-1-3-7-13/h1-4,6-7,9-10,12H,5,8,11H2,(H2,18,19,20). The molecule has 0 unspecified atom stereocenters. The van der Waals surface area contributed by atoms with Crippen LogP contribution in [0.4, 0.5) is 10.1 Å². The molecule has 0 saturated carbocycles. The van der Waals surface area contributed by atoms with Gasteiger partial charge in [-0.2, -0.15) is 0 Å². The molecule has 0 atom stereocenters. The topological polar surface area (TPSA) is 24.1 Å². The van der Waals surface area contributed by atoms with Gasteiger partial charge in [-0.3, -0.25) is 0 Å². The molecule has 2 nitrogen and oxygen atoms in total. The van der Waals surface area contributed by atoms with Crippen LogP contribution in [0.1, 0.15) is 12.0 Å². The van der Waals surface area contributed by atoms with Crippen LogP contribution < -0.4 is 10.6 Å². The second kappa shape index (κ2) is 7.60. The van der Waals surface area contributed by atoms with Crippen LogP contribution in [0.5, 0.6) is 0 Å². The molecule has 0 amide bonds. The monoisotopic (exact) mass is 288 g/mol. The van der Waals surface area contributed by atoms with Crippen LogP contribution in [0.25, 0.3) is 0 Å². The van der Waals surface area contributed by atoms with Gasteiger partial charge in [-0.05, 0) is 48.8 Å². The van der Waals surface area contributed by atoms with Crippen molar-refractivity contribution >= 4 is 23.0 Å². The molecule has 2 N–H and O–H groups in total. The molecule has 0 spiro atoms. The predicted molar refractivity (Wildman–Crippen MR) is 85.4 cm³/mol. The Balaban J connectivity index is 1.68. The summed E-state index contributed by atoms with van der Waals surface area (Å²) in [4.78, 5) is 0. The highest BCUT2D eigenvalue weighted by Gasteiger charge is 1.98. The zero-order valence-corrected chi connectivity index (χ0v) is 11.9. The Labute approximate surface area is 124 Å². The fourth-order valence-corrected chi connectivity index (χ4v) is 2.10. The van der Waals surface area contributed by atoms with E-state index in [2.05, 4.69) is 22.8 Å². The van der Waals surface area contributed by atoms with E-state index in [1.807, 2.05) is 18.2 Å². The van der Waals surface area contributed by atoms with Crippen LogP contribution in [-0.2, 0) is 6.42 Å². The molecule has 0 radical (unpaired) electrons. The number of benzene rings is 2. The normalized spacial score (nSPS) is 10.1. The first-order chi connectivity index (χ1) is 9.74. The van der Waals surface area contributed by atoms with Crippen LogP contribution in [0, 0.1) is 5.82 Å². The number of aryl methyl sites for hydroxylation is 1. The van der Waals surface area contributed by atoms with E-state index >= 15 is 0 Å². The highest BCUT2D eigenvalue weighted by molar-refractivity contribution is 7.80. The third kappa shape index (κ3) is 4.97. The van der Waals surface area contributed by atoms with E-state index in [4.69, 9.17) is 12.2 Å². The van der Waals surface area contributed by atoms with Gasteiger partial charge in [-0.1, -0.05) is 36.4 Å². The summed E-state index contributed by atoms with van der Waals surface area (Å²) in [5, 5.41) is 6.60. The van der Waals surface area contributed by atoms with Crippen molar-refractivity contribution in [2.45, 2.75) is 12.8 Å².